The second kappa shape index (κ2) is 3.96. The van der Waals surface area contributed by atoms with Crippen molar-refractivity contribution in [3.8, 4) is 0 Å². The summed E-state index contributed by atoms with van der Waals surface area (Å²) in [7, 11) is 3.59. The molecule has 0 aliphatic carbocycles. The topological polar surface area (TPSA) is 46.4 Å². The van der Waals surface area contributed by atoms with Crippen LogP contribution in [-0.2, 0) is 0 Å². The molecule has 0 amide bonds. The molecule has 0 spiro atoms. The van der Waals surface area contributed by atoms with Gasteiger partial charge in [-0.2, -0.15) is 0 Å². The van der Waals surface area contributed by atoms with E-state index in [9.17, 15) is 10.1 Å². The molecule has 14 heavy (non-hydrogen) atoms. The average molecular weight is 259 g/mol. The van der Waals surface area contributed by atoms with Crippen LogP contribution in [0.1, 0.15) is 5.56 Å². The highest BCUT2D eigenvalue weighted by Crippen LogP contribution is 2.36. The molecule has 1 aromatic rings. The van der Waals surface area contributed by atoms with E-state index in [0.29, 0.717) is 10.2 Å². The molecule has 1 rings (SSSR count). The van der Waals surface area contributed by atoms with E-state index in [1.807, 2.05) is 13.0 Å². The molecule has 0 saturated carbocycles. The van der Waals surface area contributed by atoms with Crippen LogP contribution < -0.4 is 4.90 Å². The summed E-state index contributed by atoms with van der Waals surface area (Å²) in [6.07, 6.45) is 0. The van der Waals surface area contributed by atoms with Crippen LogP contribution in [0.2, 0.25) is 0 Å². The molecule has 0 aromatic heterocycles. The van der Waals surface area contributed by atoms with Gasteiger partial charge in [-0.3, -0.25) is 10.1 Å². The molecule has 0 fully saturated rings. The first-order valence-electron chi connectivity index (χ1n) is 4.06. The summed E-state index contributed by atoms with van der Waals surface area (Å²) in [4.78, 5) is 12.2. The highest BCUT2D eigenvalue weighted by atomic mass is 79.9. The highest BCUT2D eigenvalue weighted by Gasteiger charge is 2.21. The van der Waals surface area contributed by atoms with Crippen molar-refractivity contribution in [1.82, 2.24) is 0 Å². The number of nitrogens with zero attached hydrogens (tertiary/aromatic N) is 2. The van der Waals surface area contributed by atoms with E-state index < -0.39 is 0 Å². The maximum Gasteiger partial charge on any atom is 0.306 e. The first-order chi connectivity index (χ1) is 6.45. The third-order valence-corrected chi connectivity index (χ3v) is 2.57. The van der Waals surface area contributed by atoms with Crippen LogP contribution in [0.15, 0.2) is 16.6 Å². The van der Waals surface area contributed by atoms with Crippen LogP contribution in [0, 0.1) is 17.0 Å². The summed E-state index contributed by atoms with van der Waals surface area (Å²) in [6.45, 7) is 1.86. The van der Waals surface area contributed by atoms with E-state index in [1.165, 1.54) is 0 Å². The van der Waals surface area contributed by atoms with Crippen molar-refractivity contribution in [2.24, 2.45) is 0 Å². The normalized spacial score (nSPS) is 10.0. The largest absolute Gasteiger partial charge is 0.372 e. The lowest BCUT2D eigenvalue weighted by atomic mass is 10.1. The van der Waals surface area contributed by atoms with Crippen molar-refractivity contribution < 1.29 is 4.92 Å². The zero-order chi connectivity index (χ0) is 10.9. The first kappa shape index (κ1) is 11.0. The minimum Gasteiger partial charge on any atom is -0.372 e. The molecular formula is C9H11BrN2O2. The Morgan fingerprint density at radius 1 is 1.43 bits per heavy atom. The average Bonchev–Trinajstić information content (AvgIpc) is 2.07. The van der Waals surface area contributed by atoms with Crippen LogP contribution in [-0.4, -0.2) is 19.0 Å². The minimum absolute atomic E-state index is 0.120. The fourth-order valence-corrected chi connectivity index (χ4v) is 1.86. The molecule has 0 atom stereocenters. The van der Waals surface area contributed by atoms with Crippen molar-refractivity contribution in [3.63, 3.8) is 0 Å². The molecule has 1 aromatic carbocycles. The monoisotopic (exact) mass is 258 g/mol. The Kier molecular flexibility index (Phi) is 3.10. The number of benzene rings is 1. The van der Waals surface area contributed by atoms with E-state index in [2.05, 4.69) is 15.9 Å². The summed E-state index contributed by atoms with van der Waals surface area (Å²) in [5.41, 5.74) is 1.66. The van der Waals surface area contributed by atoms with Crippen molar-refractivity contribution in [2.45, 2.75) is 6.92 Å². The van der Waals surface area contributed by atoms with Gasteiger partial charge in [-0.1, -0.05) is 6.07 Å². The van der Waals surface area contributed by atoms with E-state index in [4.69, 9.17) is 0 Å². The summed E-state index contributed by atoms with van der Waals surface area (Å²) in [5.74, 6) is 0. The van der Waals surface area contributed by atoms with Crippen LogP contribution in [0.4, 0.5) is 11.4 Å². The number of nitro groups is 1. The van der Waals surface area contributed by atoms with Gasteiger partial charge in [0, 0.05) is 14.1 Å². The fourth-order valence-electron chi connectivity index (χ4n) is 1.39. The van der Waals surface area contributed by atoms with Crippen LogP contribution in [0.5, 0.6) is 0 Å². The van der Waals surface area contributed by atoms with Gasteiger partial charge in [0.1, 0.15) is 5.69 Å². The summed E-state index contributed by atoms with van der Waals surface area (Å²) in [6, 6.07) is 3.55. The maximum atomic E-state index is 10.8. The minimum atomic E-state index is -0.369. The lowest BCUT2D eigenvalue weighted by Gasteiger charge is -2.15. The number of aryl methyl sites for hydroxylation is 1. The first-order valence-corrected chi connectivity index (χ1v) is 4.85. The molecular weight excluding hydrogens is 248 g/mol. The number of hydrogen-bond donors (Lipinski definition) is 0. The molecule has 0 aliphatic rings. The van der Waals surface area contributed by atoms with Crippen LogP contribution >= 0.6 is 15.9 Å². The Morgan fingerprint density at radius 3 is 2.36 bits per heavy atom. The number of rotatable bonds is 2. The Hall–Kier alpha value is -1.10. The second-order valence-electron chi connectivity index (χ2n) is 3.21. The van der Waals surface area contributed by atoms with Crippen molar-refractivity contribution in [1.29, 1.82) is 0 Å². The predicted molar refractivity (Wildman–Crippen MR) is 59.9 cm³/mol. The van der Waals surface area contributed by atoms with Crippen molar-refractivity contribution >= 4 is 27.3 Å². The van der Waals surface area contributed by atoms with Gasteiger partial charge in [0.15, 0.2) is 0 Å². The predicted octanol–water partition coefficient (Wildman–Crippen LogP) is 2.73. The van der Waals surface area contributed by atoms with Gasteiger partial charge < -0.3 is 4.90 Å². The van der Waals surface area contributed by atoms with Crippen molar-refractivity contribution in [2.75, 3.05) is 19.0 Å². The number of hydrogen-bond acceptors (Lipinski definition) is 3. The lowest BCUT2D eigenvalue weighted by molar-refractivity contribution is -0.384. The van der Waals surface area contributed by atoms with Gasteiger partial charge in [0.05, 0.1) is 9.40 Å². The molecule has 0 N–H and O–H groups in total. The second-order valence-corrected chi connectivity index (χ2v) is 4.07. The molecule has 0 unspecified atom stereocenters. The number of nitro benzene ring substituents is 1. The van der Waals surface area contributed by atoms with Crippen LogP contribution in [0.25, 0.3) is 0 Å². The summed E-state index contributed by atoms with van der Waals surface area (Å²) >= 11 is 3.18. The van der Waals surface area contributed by atoms with Gasteiger partial charge in [0.2, 0.25) is 0 Å². The summed E-state index contributed by atoms with van der Waals surface area (Å²) in [5, 5.41) is 10.8. The smallest absolute Gasteiger partial charge is 0.306 e. The Labute approximate surface area is 90.8 Å². The molecule has 76 valence electrons. The Morgan fingerprint density at radius 2 is 2.00 bits per heavy atom. The van der Waals surface area contributed by atoms with E-state index in [1.54, 1.807) is 25.1 Å². The van der Waals surface area contributed by atoms with Gasteiger partial charge in [0.25, 0.3) is 0 Å². The zero-order valence-electron chi connectivity index (χ0n) is 8.24. The SMILES string of the molecule is Cc1ccc(Br)c([N+](=O)[O-])c1N(C)C. The Balaban J connectivity index is 3.50. The maximum absolute atomic E-state index is 10.8. The molecule has 0 bridgehead atoms. The van der Waals surface area contributed by atoms with Crippen molar-refractivity contribution in [3.05, 3.63) is 32.3 Å². The number of anilines is 1. The molecule has 0 radical (unpaired) electrons. The molecule has 0 saturated heterocycles. The summed E-state index contributed by atoms with van der Waals surface area (Å²) < 4.78 is 0.511. The zero-order valence-corrected chi connectivity index (χ0v) is 9.83. The molecule has 5 heteroatoms. The third-order valence-electron chi connectivity index (χ3n) is 1.93. The van der Waals surface area contributed by atoms with Gasteiger partial charge in [-0.25, -0.2) is 0 Å². The Bertz CT molecular complexity index is 377. The van der Waals surface area contributed by atoms with Gasteiger partial charge >= 0.3 is 5.69 Å². The quantitative estimate of drug-likeness (QED) is 0.606. The highest BCUT2D eigenvalue weighted by molar-refractivity contribution is 9.10. The standard InChI is InChI=1S/C9H11BrN2O2/c1-6-4-5-7(10)9(12(13)14)8(6)11(2)3/h4-5H,1-3H3. The molecule has 0 heterocycles. The molecule has 0 aliphatic heterocycles. The van der Waals surface area contributed by atoms with E-state index in [-0.39, 0.29) is 10.6 Å². The van der Waals surface area contributed by atoms with Gasteiger partial charge in [-0.15, -0.1) is 0 Å². The lowest BCUT2D eigenvalue weighted by Crippen LogP contribution is -2.12. The van der Waals surface area contributed by atoms with E-state index >= 15 is 0 Å². The number of halogens is 1. The fraction of sp³-hybridized carbons (Fsp3) is 0.333. The van der Waals surface area contributed by atoms with Gasteiger partial charge in [-0.05, 0) is 34.5 Å². The third kappa shape index (κ3) is 1.87. The van der Waals surface area contributed by atoms with E-state index in [0.717, 1.165) is 5.56 Å². The molecule has 4 nitrogen and oxygen atoms in total. The van der Waals surface area contributed by atoms with Crippen LogP contribution in [0.3, 0.4) is 0 Å².